The van der Waals surface area contributed by atoms with Gasteiger partial charge < -0.3 is 16.2 Å². The number of nitrogens with two attached hydrogens (primary N) is 1. The summed E-state index contributed by atoms with van der Waals surface area (Å²) in [5, 5.41) is 15.1. The van der Waals surface area contributed by atoms with Gasteiger partial charge in [0.05, 0.1) is 18.2 Å². The molecule has 0 radical (unpaired) electrons. The van der Waals surface area contributed by atoms with Crippen LogP contribution in [0.15, 0.2) is 50.5 Å². The van der Waals surface area contributed by atoms with Gasteiger partial charge in [-0.2, -0.15) is 0 Å². The molecule has 1 unspecified atom stereocenters. The molecule has 1 saturated heterocycles. The van der Waals surface area contributed by atoms with Crippen LogP contribution < -0.4 is 11.1 Å². The number of aliphatic carboxylic acids is 1. The number of likely N-dealkylation sites (tertiary alicyclic amines) is 1. The van der Waals surface area contributed by atoms with E-state index in [0.717, 1.165) is 4.90 Å². The molecular weight excluding hydrogens is 527 g/mol. The van der Waals surface area contributed by atoms with E-state index in [-0.39, 0.29) is 28.1 Å². The van der Waals surface area contributed by atoms with E-state index in [4.69, 9.17) is 5.73 Å². The van der Waals surface area contributed by atoms with Crippen LogP contribution in [-0.4, -0.2) is 57.8 Å². The summed E-state index contributed by atoms with van der Waals surface area (Å²) in [4.78, 5) is 33.9. The maximum Gasteiger partial charge on any atom is 0.335 e. The Balaban J connectivity index is 1.81. The van der Waals surface area contributed by atoms with Gasteiger partial charge in [0.1, 0.15) is 11.9 Å². The Morgan fingerprint density at radius 1 is 1.39 bits per heavy atom. The number of nitrogens with one attached hydrogen (secondary N) is 1. The van der Waals surface area contributed by atoms with Gasteiger partial charge in [0.15, 0.2) is 10.8 Å². The van der Waals surface area contributed by atoms with Crippen molar-refractivity contribution in [3.8, 4) is 0 Å². The van der Waals surface area contributed by atoms with Crippen LogP contribution in [0.25, 0.3) is 0 Å². The molecule has 0 spiro atoms. The van der Waals surface area contributed by atoms with E-state index in [1.807, 2.05) is 0 Å². The number of halogens is 4. The van der Waals surface area contributed by atoms with Crippen LogP contribution in [0.1, 0.15) is 23.0 Å². The molecule has 4 rings (SSSR count). The normalized spacial score (nSPS) is 22.7. The molecule has 13 heteroatoms. The molecule has 174 valence electrons. The van der Waals surface area contributed by atoms with Crippen molar-refractivity contribution >= 4 is 45.0 Å². The van der Waals surface area contributed by atoms with Crippen LogP contribution in [0.4, 0.5) is 13.2 Å². The van der Waals surface area contributed by atoms with Crippen LogP contribution in [0, 0.1) is 5.82 Å². The van der Waals surface area contributed by atoms with E-state index in [1.54, 1.807) is 5.38 Å². The number of aliphatic imine (C=N–C) groups is 1. The lowest BCUT2D eigenvalue weighted by Gasteiger charge is -2.30. The molecule has 0 aliphatic carbocycles. The Bertz CT molecular complexity index is 1170. The molecule has 2 aromatic rings. The van der Waals surface area contributed by atoms with Gasteiger partial charge in [0.2, 0.25) is 5.91 Å². The van der Waals surface area contributed by atoms with Gasteiger partial charge in [-0.25, -0.2) is 22.9 Å². The minimum absolute atomic E-state index is 0.0628. The van der Waals surface area contributed by atoms with E-state index in [1.165, 1.54) is 35.7 Å². The molecule has 1 fully saturated rings. The highest BCUT2D eigenvalue weighted by atomic mass is 79.9. The highest BCUT2D eigenvalue weighted by Gasteiger charge is 2.48. The first-order valence-corrected chi connectivity index (χ1v) is 11.3. The van der Waals surface area contributed by atoms with Gasteiger partial charge in [-0.3, -0.25) is 14.7 Å². The first-order chi connectivity index (χ1) is 15.6. The molecule has 4 N–H and O–H groups in total. The predicted octanol–water partition coefficient (Wildman–Crippen LogP) is 2.67. The van der Waals surface area contributed by atoms with Gasteiger partial charge in [-0.15, -0.1) is 11.3 Å². The zero-order valence-electron chi connectivity index (χ0n) is 16.8. The fourth-order valence-electron chi connectivity index (χ4n) is 3.90. The third-order valence-corrected chi connectivity index (χ3v) is 6.77. The zero-order valence-corrected chi connectivity index (χ0v) is 19.2. The molecule has 0 bridgehead atoms. The van der Waals surface area contributed by atoms with Crippen molar-refractivity contribution in [1.29, 1.82) is 0 Å². The summed E-state index contributed by atoms with van der Waals surface area (Å²) < 4.78 is 42.1. The lowest BCUT2D eigenvalue weighted by Crippen LogP contribution is -2.45. The quantitative estimate of drug-likeness (QED) is 0.515. The number of alkyl halides is 2. The van der Waals surface area contributed by atoms with Gasteiger partial charge in [0, 0.05) is 34.7 Å². The predicted molar refractivity (Wildman–Crippen MR) is 117 cm³/mol. The molecule has 1 aromatic carbocycles. The van der Waals surface area contributed by atoms with Crippen LogP contribution >= 0.6 is 27.3 Å². The number of amides is 1. The van der Waals surface area contributed by atoms with E-state index in [2.05, 4.69) is 31.2 Å². The summed E-state index contributed by atoms with van der Waals surface area (Å²) in [6.07, 6.45) is 0.783. The number of aromatic nitrogens is 1. The molecule has 1 amide bonds. The minimum atomic E-state index is -3.15. The molecule has 1 aromatic heterocycles. The van der Waals surface area contributed by atoms with Gasteiger partial charge in [0.25, 0.3) is 5.92 Å². The number of hydrogen-bond donors (Lipinski definition) is 3. The number of carbonyl (C=O) groups is 2. The number of amidine groups is 1. The molecule has 2 atom stereocenters. The second kappa shape index (κ2) is 8.88. The van der Waals surface area contributed by atoms with Gasteiger partial charge >= 0.3 is 5.97 Å². The fourth-order valence-corrected chi connectivity index (χ4v) is 5.06. The number of carboxylic acids is 1. The van der Waals surface area contributed by atoms with Crippen LogP contribution in [0.2, 0.25) is 0 Å². The number of nitrogens with zero attached hydrogens (tertiary/aromatic N) is 3. The Kier molecular flexibility index (Phi) is 6.29. The standard InChI is InChI=1S/C20H17BrF3N5O3S/c21-11-5-9(22)1-2-10(11)15-14(19(31)32)12(27-17(28-15)18-26-3-4-33-18)7-29-8-20(23,24)6-13(29)16(25)30/h1-5,13,15H,6-8H2,(H2,25,30)(H,27,28)(H,31,32)/t13-,15?/m0/s1. The van der Waals surface area contributed by atoms with Crippen molar-refractivity contribution in [3.05, 3.63) is 61.9 Å². The highest BCUT2D eigenvalue weighted by molar-refractivity contribution is 9.10. The second-order valence-electron chi connectivity index (χ2n) is 7.59. The second-order valence-corrected chi connectivity index (χ2v) is 9.34. The van der Waals surface area contributed by atoms with Crippen molar-refractivity contribution in [1.82, 2.24) is 15.2 Å². The minimum Gasteiger partial charge on any atom is -0.478 e. The number of primary amides is 1. The molecule has 2 aliphatic heterocycles. The zero-order chi connectivity index (χ0) is 23.9. The maximum absolute atomic E-state index is 14.1. The third kappa shape index (κ3) is 4.80. The topological polar surface area (TPSA) is 121 Å². The number of thiazole rings is 1. The summed E-state index contributed by atoms with van der Waals surface area (Å²) >= 11 is 4.49. The number of hydrogen-bond acceptors (Lipinski definition) is 7. The van der Waals surface area contributed by atoms with E-state index < -0.39 is 48.7 Å². The van der Waals surface area contributed by atoms with E-state index >= 15 is 0 Å². The van der Waals surface area contributed by atoms with Crippen molar-refractivity contribution in [2.75, 3.05) is 13.1 Å². The Hall–Kier alpha value is -2.77. The number of carboxylic acid groups (broad SMARTS) is 1. The number of benzene rings is 1. The van der Waals surface area contributed by atoms with Crippen LogP contribution in [0.3, 0.4) is 0 Å². The summed E-state index contributed by atoms with van der Waals surface area (Å²) in [6.45, 7) is -1.07. The summed E-state index contributed by atoms with van der Waals surface area (Å²) in [7, 11) is 0. The Morgan fingerprint density at radius 3 is 2.76 bits per heavy atom. The lowest BCUT2D eigenvalue weighted by molar-refractivity contribution is -0.133. The third-order valence-electron chi connectivity index (χ3n) is 5.31. The average Bonchev–Trinajstić information content (AvgIpc) is 3.35. The first kappa shape index (κ1) is 23.4. The fraction of sp³-hybridized carbons (Fsp3) is 0.300. The molecule has 33 heavy (non-hydrogen) atoms. The maximum atomic E-state index is 14.1. The molecule has 8 nitrogen and oxygen atoms in total. The molecule has 0 saturated carbocycles. The van der Waals surface area contributed by atoms with Crippen molar-refractivity contribution < 1.29 is 27.9 Å². The lowest BCUT2D eigenvalue weighted by atomic mass is 9.95. The highest BCUT2D eigenvalue weighted by Crippen LogP contribution is 2.38. The van der Waals surface area contributed by atoms with Crippen molar-refractivity contribution in [2.24, 2.45) is 10.7 Å². The van der Waals surface area contributed by atoms with E-state index in [0.29, 0.717) is 10.6 Å². The molecular formula is C20H17BrF3N5O3S. The van der Waals surface area contributed by atoms with Crippen molar-refractivity contribution in [3.63, 3.8) is 0 Å². The van der Waals surface area contributed by atoms with Crippen molar-refractivity contribution in [2.45, 2.75) is 24.4 Å². The smallest absolute Gasteiger partial charge is 0.335 e. The molecule has 2 aliphatic rings. The van der Waals surface area contributed by atoms with Gasteiger partial charge in [-0.05, 0) is 17.7 Å². The number of carbonyl (C=O) groups excluding carboxylic acids is 1. The largest absolute Gasteiger partial charge is 0.478 e. The summed E-state index contributed by atoms with van der Waals surface area (Å²) in [6, 6.07) is 1.39. The monoisotopic (exact) mass is 543 g/mol. The SMILES string of the molecule is NC(=O)[C@@H]1CC(F)(F)CN1CC1=C(C(=O)O)C(c2ccc(F)cc2Br)N=C(c2nccs2)N1. The average molecular weight is 544 g/mol. The first-order valence-electron chi connectivity index (χ1n) is 9.63. The number of rotatable bonds is 6. The van der Waals surface area contributed by atoms with Crippen LogP contribution in [-0.2, 0) is 9.59 Å². The Labute approximate surface area is 198 Å². The van der Waals surface area contributed by atoms with E-state index in [9.17, 15) is 27.9 Å². The summed E-state index contributed by atoms with van der Waals surface area (Å²) in [5.41, 5.74) is 5.53. The van der Waals surface area contributed by atoms with Gasteiger partial charge in [-0.1, -0.05) is 22.0 Å². The summed E-state index contributed by atoms with van der Waals surface area (Å²) in [5.74, 6) is -5.72. The van der Waals surface area contributed by atoms with Crippen LogP contribution in [0.5, 0.6) is 0 Å². The molecule has 3 heterocycles. The Morgan fingerprint density at radius 2 is 2.15 bits per heavy atom.